The van der Waals surface area contributed by atoms with Gasteiger partial charge in [-0.25, -0.2) is 15.0 Å². The lowest BCUT2D eigenvalue weighted by molar-refractivity contribution is -0.145. The molecule has 2 aromatic rings. The van der Waals surface area contributed by atoms with Gasteiger partial charge in [0.1, 0.15) is 12.7 Å². The summed E-state index contributed by atoms with van der Waals surface area (Å²) in [4.78, 5) is 35.8. The number of esters is 1. The van der Waals surface area contributed by atoms with Crippen LogP contribution in [0, 0.1) is 5.92 Å². The van der Waals surface area contributed by atoms with E-state index < -0.39 is 7.60 Å². The van der Waals surface area contributed by atoms with Gasteiger partial charge in [0, 0.05) is 12.3 Å². The minimum atomic E-state index is -3.40. The third kappa shape index (κ3) is 6.32. The lowest BCUT2D eigenvalue weighted by atomic mass is 10.1. The molecule has 2 aromatic heterocycles. The van der Waals surface area contributed by atoms with Gasteiger partial charge in [-0.2, -0.15) is 0 Å². The van der Waals surface area contributed by atoms with E-state index in [2.05, 4.69) is 20.3 Å². The number of imidazole rings is 1. The van der Waals surface area contributed by atoms with Crippen LogP contribution < -0.4 is 5.32 Å². The zero-order valence-electron chi connectivity index (χ0n) is 18.4. The van der Waals surface area contributed by atoms with Gasteiger partial charge in [-0.05, 0) is 13.8 Å². The van der Waals surface area contributed by atoms with Crippen LogP contribution in [0.5, 0.6) is 0 Å². The van der Waals surface area contributed by atoms with Gasteiger partial charge in [-0.15, -0.1) is 0 Å². The SMILES string of the molecule is CCOC(=O)CC1COP(=O)(CO[C@H](C)Cn2cnc3c(NC(=O)CC)ncnc32)OC1. The fraction of sp³-hybridized carbons (Fsp3) is 0.632. The maximum absolute atomic E-state index is 12.7. The molecule has 3 heterocycles. The summed E-state index contributed by atoms with van der Waals surface area (Å²) in [6.45, 7) is 6.27. The Kier molecular flexibility index (Phi) is 8.30. The van der Waals surface area contributed by atoms with E-state index in [1.807, 2.05) is 6.92 Å². The number of hydrogen-bond acceptors (Lipinski definition) is 10. The average molecular weight is 469 g/mol. The van der Waals surface area contributed by atoms with Crippen molar-refractivity contribution >= 4 is 36.5 Å². The first kappa shape index (κ1) is 24.2. The summed E-state index contributed by atoms with van der Waals surface area (Å²) >= 11 is 0. The maximum atomic E-state index is 12.7. The summed E-state index contributed by atoms with van der Waals surface area (Å²) in [5, 5.41) is 2.70. The van der Waals surface area contributed by atoms with Gasteiger partial charge in [-0.3, -0.25) is 14.2 Å². The molecule has 0 bridgehead atoms. The molecular weight excluding hydrogens is 441 g/mol. The maximum Gasteiger partial charge on any atom is 0.356 e. The minimum Gasteiger partial charge on any atom is -0.466 e. The van der Waals surface area contributed by atoms with Crippen LogP contribution in [0.2, 0.25) is 0 Å². The Balaban J connectivity index is 1.52. The van der Waals surface area contributed by atoms with Gasteiger partial charge in [0.05, 0.1) is 45.2 Å². The molecule has 1 fully saturated rings. The van der Waals surface area contributed by atoms with Crippen LogP contribution in [-0.2, 0) is 39.2 Å². The van der Waals surface area contributed by atoms with Crippen LogP contribution >= 0.6 is 7.60 Å². The minimum absolute atomic E-state index is 0.142. The van der Waals surface area contributed by atoms with E-state index in [-0.39, 0.29) is 49.9 Å². The molecule has 0 spiro atoms. The lowest BCUT2D eigenvalue weighted by Gasteiger charge is -2.29. The second-order valence-electron chi connectivity index (χ2n) is 7.38. The Hall–Kier alpha value is -2.40. The Morgan fingerprint density at radius 2 is 2.03 bits per heavy atom. The zero-order chi connectivity index (χ0) is 23.1. The average Bonchev–Trinajstić information content (AvgIpc) is 3.18. The van der Waals surface area contributed by atoms with Gasteiger partial charge in [0.15, 0.2) is 17.0 Å². The number of nitrogens with zero attached hydrogens (tertiary/aromatic N) is 4. The normalized spacial score (nSPS) is 21.9. The highest BCUT2D eigenvalue weighted by Crippen LogP contribution is 2.51. The molecule has 1 amide bonds. The first-order chi connectivity index (χ1) is 15.3. The summed E-state index contributed by atoms with van der Waals surface area (Å²) in [6, 6.07) is 0. The van der Waals surface area contributed by atoms with E-state index in [1.54, 1.807) is 24.7 Å². The summed E-state index contributed by atoms with van der Waals surface area (Å²) < 4.78 is 35.9. The van der Waals surface area contributed by atoms with Crippen molar-refractivity contribution in [1.29, 1.82) is 0 Å². The van der Waals surface area contributed by atoms with Gasteiger partial charge in [0.25, 0.3) is 0 Å². The Labute approximate surface area is 185 Å². The monoisotopic (exact) mass is 469 g/mol. The van der Waals surface area contributed by atoms with Gasteiger partial charge in [0.2, 0.25) is 5.91 Å². The first-order valence-corrected chi connectivity index (χ1v) is 12.2. The number of amides is 1. The van der Waals surface area contributed by atoms with Gasteiger partial charge >= 0.3 is 13.6 Å². The molecule has 32 heavy (non-hydrogen) atoms. The van der Waals surface area contributed by atoms with Crippen molar-refractivity contribution in [3.63, 3.8) is 0 Å². The van der Waals surface area contributed by atoms with E-state index in [4.69, 9.17) is 18.5 Å². The molecule has 1 aliphatic rings. The number of rotatable bonds is 10. The summed E-state index contributed by atoms with van der Waals surface area (Å²) in [6.07, 6.45) is 2.85. The van der Waals surface area contributed by atoms with Crippen LogP contribution in [0.3, 0.4) is 0 Å². The van der Waals surface area contributed by atoms with E-state index in [0.717, 1.165) is 0 Å². The number of hydrogen-bond donors (Lipinski definition) is 1. The molecule has 12 nitrogen and oxygen atoms in total. The van der Waals surface area contributed by atoms with Crippen molar-refractivity contribution in [2.75, 3.05) is 31.5 Å². The number of carbonyl (C=O) groups is 2. The van der Waals surface area contributed by atoms with E-state index in [0.29, 0.717) is 36.6 Å². The third-order valence-electron chi connectivity index (χ3n) is 4.73. The summed E-state index contributed by atoms with van der Waals surface area (Å²) in [7, 11) is -3.40. The molecule has 0 radical (unpaired) electrons. The predicted octanol–water partition coefficient (Wildman–Crippen LogP) is 2.35. The topological polar surface area (TPSA) is 144 Å². The van der Waals surface area contributed by atoms with Crippen LogP contribution in [0.1, 0.15) is 33.6 Å². The lowest BCUT2D eigenvalue weighted by Crippen LogP contribution is -2.26. The number of aromatic nitrogens is 4. The molecule has 1 saturated heterocycles. The number of carbonyl (C=O) groups excluding carboxylic acids is 2. The van der Waals surface area contributed by atoms with Crippen molar-refractivity contribution < 1.29 is 32.7 Å². The molecule has 13 heteroatoms. The van der Waals surface area contributed by atoms with Crippen LogP contribution in [-0.4, -0.2) is 63.7 Å². The second kappa shape index (κ2) is 11.0. The number of anilines is 1. The molecule has 0 saturated carbocycles. The van der Waals surface area contributed by atoms with Crippen molar-refractivity contribution in [2.45, 2.75) is 46.3 Å². The highest BCUT2D eigenvalue weighted by molar-refractivity contribution is 7.53. The molecule has 1 N–H and O–H groups in total. The molecule has 3 rings (SSSR count). The van der Waals surface area contributed by atoms with Crippen molar-refractivity contribution in [2.24, 2.45) is 5.92 Å². The third-order valence-corrected chi connectivity index (χ3v) is 6.28. The fourth-order valence-corrected chi connectivity index (χ4v) is 4.58. The quantitative estimate of drug-likeness (QED) is 0.407. The first-order valence-electron chi connectivity index (χ1n) is 10.4. The molecular formula is C19H28N5O7P. The Morgan fingerprint density at radius 1 is 1.28 bits per heavy atom. The van der Waals surface area contributed by atoms with Crippen molar-refractivity contribution in [1.82, 2.24) is 19.5 Å². The fourth-order valence-electron chi connectivity index (χ4n) is 3.05. The summed E-state index contributed by atoms with van der Waals surface area (Å²) in [5.41, 5.74) is 1.02. The Bertz CT molecular complexity index is 986. The molecule has 1 atom stereocenters. The second-order valence-corrected chi connectivity index (χ2v) is 9.37. The molecule has 0 aliphatic carbocycles. The molecule has 0 aromatic carbocycles. The molecule has 176 valence electrons. The highest BCUT2D eigenvalue weighted by Gasteiger charge is 2.34. The van der Waals surface area contributed by atoms with E-state index >= 15 is 0 Å². The highest BCUT2D eigenvalue weighted by atomic mass is 31.2. The number of nitrogens with one attached hydrogen (secondary N) is 1. The van der Waals surface area contributed by atoms with E-state index in [1.165, 1.54) is 6.33 Å². The van der Waals surface area contributed by atoms with Crippen LogP contribution in [0.15, 0.2) is 12.7 Å². The zero-order valence-corrected chi connectivity index (χ0v) is 19.2. The van der Waals surface area contributed by atoms with E-state index in [9.17, 15) is 14.2 Å². The van der Waals surface area contributed by atoms with Gasteiger partial charge in [-0.1, -0.05) is 6.92 Å². The van der Waals surface area contributed by atoms with Crippen LogP contribution in [0.4, 0.5) is 5.82 Å². The largest absolute Gasteiger partial charge is 0.466 e. The smallest absolute Gasteiger partial charge is 0.356 e. The Morgan fingerprint density at radius 3 is 2.72 bits per heavy atom. The standard InChI is InChI=1S/C19H28N5O7P/c1-4-15(25)23-18-17-19(21-10-20-18)24(11-22-17)7-13(3)29-12-32(27)30-8-14(9-31-32)6-16(26)28-5-2/h10-11,13-14H,4-9,12H2,1-3H3,(H,20,21,23,25)/t13-,14?,32?/m1/s1. The summed E-state index contributed by atoms with van der Waals surface area (Å²) in [5.74, 6) is -0.356. The molecule has 0 unspecified atom stereocenters. The van der Waals surface area contributed by atoms with Crippen LogP contribution in [0.25, 0.3) is 11.2 Å². The van der Waals surface area contributed by atoms with Crippen molar-refractivity contribution in [3.05, 3.63) is 12.7 Å². The van der Waals surface area contributed by atoms with Gasteiger partial charge < -0.3 is 28.4 Å². The predicted molar refractivity (Wildman–Crippen MR) is 114 cm³/mol. The van der Waals surface area contributed by atoms with Crippen molar-refractivity contribution in [3.8, 4) is 0 Å². The molecule has 1 aliphatic heterocycles. The number of fused-ring (bicyclic) bond motifs is 1. The number of ether oxygens (including phenoxy) is 2.